The molecule has 0 aliphatic rings. The fourth-order valence-electron chi connectivity index (χ4n) is 6.78. The van der Waals surface area contributed by atoms with Crippen LogP contribution >= 0.6 is 0 Å². The number of hydrogen-bond donors (Lipinski definition) is 0. The van der Waals surface area contributed by atoms with Crippen molar-refractivity contribution in [2.45, 2.75) is 161 Å². The first-order valence-electron chi connectivity index (χ1n) is 17.9. The average Bonchev–Trinajstić information content (AvgIpc) is 3.35. The average molecular weight is 600 g/mol. The van der Waals surface area contributed by atoms with Crippen molar-refractivity contribution in [2.24, 2.45) is 10.2 Å². The summed E-state index contributed by atoms with van der Waals surface area (Å²) in [5.74, 6) is 0. The topological polar surface area (TPSA) is 102 Å². The Kier molecular flexibility index (Phi) is 17.3. The van der Waals surface area contributed by atoms with E-state index in [1.807, 2.05) is 24.3 Å². The van der Waals surface area contributed by atoms with E-state index < -0.39 is 0 Å². The van der Waals surface area contributed by atoms with Crippen molar-refractivity contribution in [1.29, 1.82) is 0 Å². The molecule has 44 heavy (non-hydrogen) atoms. The number of benzene rings is 2. The monoisotopic (exact) mass is 599 g/mol. The van der Waals surface area contributed by atoms with E-state index in [0.29, 0.717) is 17.4 Å². The van der Waals surface area contributed by atoms with E-state index in [2.05, 4.69) is 50.6 Å². The summed E-state index contributed by atoms with van der Waals surface area (Å²) in [5.41, 5.74) is 21.7. The molecule has 1 heterocycles. The lowest BCUT2D eigenvalue weighted by molar-refractivity contribution is 0.409. The van der Waals surface area contributed by atoms with E-state index in [4.69, 9.17) is 11.1 Å². The van der Waals surface area contributed by atoms with Gasteiger partial charge >= 0.3 is 0 Å². The van der Waals surface area contributed by atoms with Gasteiger partial charge < -0.3 is 4.57 Å². The molecule has 0 unspecified atom stereocenters. The molecule has 0 fully saturated rings. The van der Waals surface area contributed by atoms with Gasteiger partial charge in [0, 0.05) is 49.0 Å². The molecule has 240 valence electrons. The molecule has 0 aliphatic carbocycles. The fraction of sp³-hybridized carbons (Fsp3) is 0.676. The third-order valence-electron chi connectivity index (χ3n) is 9.24. The molecule has 0 saturated carbocycles. The first-order valence-corrected chi connectivity index (χ1v) is 17.9. The normalized spacial score (nSPS) is 11.3. The van der Waals surface area contributed by atoms with Crippen molar-refractivity contribution in [1.82, 2.24) is 4.57 Å². The fourth-order valence-corrected chi connectivity index (χ4v) is 6.78. The number of unbranched alkanes of at least 4 members (excludes halogenated alkanes) is 18. The van der Waals surface area contributed by atoms with E-state index in [1.165, 1.54) is 128 Å². The van der Waals surface area contributed by atoms with Crippen LogP contribution in [0.3, 0.4) is 0 Å². The van der Waals surface area contributed by atoms with E-state index in [-0.39, 0.29) is 0 Å². The Labute approximate surface area is 266 Å². The number of fused-ring (bicyclic) bond motifs is 3. The molecule has 7 nitrogen and oxygen atoms in total. The summed E-state index contributed by atoms with van der Waals surface area (Å²) in [6.45, 7) is 4.56. The van der Waals surface area contributed by atoms with Crippen LogP contribution in [0, 0.1) is 0 Å². The van der Waals surface area contributed by atoms with Gasteiger partial charge in [-0.1, -0.05) is 177 Å². The molecule has 7 heteroatoms. The highest BCUT2D eigenvalue weighted by Gasteiger charge is 2.19. The molecule has 0 saturated heterocycles. The molecule has 0 atom stereocenters. The smallest absolute Gasteiger partial charge is 0.0498 e. The Balaban J connectivity index is 1.72. The van der Waals surface area contributed by atoms with Gasteiger partial charge in [-0.05, 0) is 36.0 Å². The molecule has 1 aromatic heterocycles. The molecule has 3 aromatic rings. The highest BCUT2D eigenvalue weighted by atomic mass is 15.1. The van der Waals surface area contributed by atoms with E-state index in [0.717, 1.165) is 34.6 Å². The Hall–Kier alpha value is -3.14. The van der Waals surface area contributed by atoms with Gasteiger partial charge in [0.05, 0.1) is 0 Å². The van der Waals surface area contributed by atoms with Gasteiger partial charge in [0.15, 0.2) is 0 Å². The lowest BCUT2D eigenvalue weighted by Gasteiger charge is -2.22. The minimum Gasteiger partial charge on any atom is -0.337 e. The second-order valence-electron chi connectivity index (χ2n) is 12.7. The molecule has 0 amide bonds. The summed E-state index contributed by atoms with van der Waals surface area (Å²) in [6, 6.07) is 12.4. The van der Waals surface area contributed by atoms with Gasteiger partial charge in [-0.15, -0.1) is 0 Å². The van der Waals surface area contributed by atoms with Crippen LogP contribution < -0.4 is 0 Å². The highest BCUT2D eigenvalue weighted by molar-refractivity contribution is 6.09. The van der Waals surface area contributed by atoms with Crippen LogP contribution in [0.1, 0.15) is 161 Å². The van der Waals surface area contributed by atoms with Crippen molar-refractivity contribution in [3.63, 3.8) is 0 Å². The molecular weight excluding hydrogens is 542 g/mol. The van der Waals surface area contributed by atoms with Crippen molar-refractivity contribution >= 4 is 33.2 Å². The minimum absolute atomic E-state index is 0.348. The second kappa shape index (κ2) is 21.5. The van der Waals surface area contributed by atoms with E-state index in [9.17, 15) is 0 Å². The Morgan fingerprint density at radius 2 is 0.864 bits per heavy atom. The van der Waals surface area contributed by atoms with Gasteiger partial charge in [-0.2, -0.15) is 0 Å². The van der Waals surface area contributed by atoms with Crippen molar-refractivity contribution in [3.8, 4) is 0 Å². The SMILES string of the molecule is CCCCCCCCCCCCC(CCCCCCCCCCCC)n1c2cc(N=[N+]=[N-])ccc2c2ccc(N=[N+]=[N-])cc21. The van der Waals surface area contributed by atoms with Crippen molar-refractivity contribution in [3.05, 3.63) is 57.3 Å². The van der Waals surface area contributed by atoms with Gasteiger partial charge in [0.1, 0.15) is 0 Å². The maximum Gasteiger partial charge on any atom is 0.0498 e. The van der Waals surface area contributed by atoms with Crippen LogP contribution in [-0.4, -0.2) is 4.57 Å². The van der Waals surface area contributed by atoms with Crippen LogP contribution in [0.2, 0.25) is 0 Å². The number of hydrogen-bond acceptors (Lipinski definition) is 2. The zero-order chi connectivity index (χ0) is 31.2. The number of nitrogens with zero attached hydrogens (tertiary/aromatic N) is 7. The Morgan fingerprint density at radius 3 is 1.20 bits per heavy atom. The van der Waals surface area contributed by atoms with Gasteiger partial charge in [-0.25, -0.2) is 0 Å². The molecule has 3 rings (SSSR count). The predicted octanol–water partition coefficient (Wildman–Crippen LogP) is 14.8. The Bertz CT molecular complexity index is 1230. The van der Waals surface area contributed by atoms with Gasteiger partial charge in [0.25, 0.3) is 0 Å². The predicted molar refractivity (Wildman–Crippen MR) is 189 cm³/mol. The van der Waals surface area contributed by atoms with Gasteiger partial charge in [0.2, 0.25) is 0 Å². The lowest BCUT2D eigenvalue weighted by atomic mass is 9.99. The van der Waals surface area contributed by atoms with Crippen LogP contribution in [0.5, 0.6) is 0 Å². The van der Waals surface area contributed by atoms with E-state index in [1.54, 1.807) is 0 Å². The second-order valence-corrected chi connectivity index (χ2v) is 12.7. The standard InChI is InChI=1S/C37H57N7/c1-3-5-7-9-11-13-15-17-19-21-23-33(24-22-20-18-16-14-12-10-8-6-4-2)44-36-29-31(40-42-38)25-27-34(36)35-28-26-32(41-43-39)30-37(35)44/h25-30,33H,3-24H2,1-2H3. The molecule has 0 aliphatic heterocycles. The molecular formula is C37H57N7. The van der Waals surface area contributed by atoms with Crippen LogP contribution in [0.25, 0.3) is 42.7 Å². The highest BCUT2D eigenvalue weighted by Crippen LogP contribution is 2.39. The lowest BCUT2D eigenvalue weighted by Crippen LogP contribution is -2.09. The Morgan fingerprint density at radius 1 is 0.523 bits per heavy atom. The van der Waals surface area contributed by atoms with Crippen LogP contribution in [-0.2, 0) is 0 Å². The summed E-state index contributed by atoms with van der Waals surface area (Å²) in [4.78, 5) is 6.10. The van der Waals surface area contributed by atoms with Crippen LogP contribution in [0.4, 0.5) is 11.4 Å². The maximum atomic E-state index is 9.13. The van der Waals surface area contributed by atoms with Crippen molar-refractivity contribution < 1.29 is 0 Å². The number of rotatable bonds is 25. The summed E-state index contributed by atoms with van der Waals surface area (Å²) >= 11 is 0. The molecule has 0 spiro atoms. The zero-order valence-electron chi connectivity index (χ0n) is 27.7. The minimum atomic E-state index is 0.348. The number of aromatic nitrogens is 1. The third kappa shape index (κ3) is 11.7. The largest absolute Gasteiger partial charge is 0.337 e. The molecule has 0 bridgehead atoms. The van der Waals surface area contributed by atoms with Crippen LogP contribution in [0.15, 0.2) is 46.6 Å². The quantitative estimate of drug-likeness (QED) is 0.0400. The molecule has 2 aromatic carbocycles. The summed E-state index contributed by atoms with van der Waals surface area (Å²) in [5, 5.41) is 10.2. The van der Waals surface area contributed by atoms with Gasteiger partial charge in [-0.3, -0.25) is 0 Å². The number of azide groups is 2. The molecule has 0 N–H and O–H groups in total. The summed E-state index contributed by atoms with van der Waals surface area (Å²) in [7, 11) is 0. The first kappa shape index (κ1) is 35.3. The maximum absolute atomic E-state index is 9.13. The first-order chi connectivity index (χ1) is 21.7. The molecule has 0 radical (unpaired) electrons. The third-order valence-corrected chi connectivity index (χ3v) is 9.24. The van der Waals surface area contributed by atoms with E-state index >= 15 is 0 Å². The zero-order valence-corrected chi connectivity index (χ0v) is 27.7. The van der Waals surface area contributed by atoms with Crippen molar-refractivity contribution in [2.75, 3.05) is 0 Å². The summed E-state index contributed by atoms with van der Waals surface area (Å²) in [6.07, 6.45) is 28.9. The summed E-state index contributed by atoms with van der Waals surface area (Å²) < 4.78 is 2.47.